The number of hydrogen-bond donors (Lipinski definition) is 1. The van der Waals surface area contributed by atoms with Gasteiger partial charge in [0.2, 0.25) is 0 Å². The van der Waals surface area contributed by atoms with Crippen LogP contribution in [0.4, 0.5) is 0 Å². The van der Waals surface area contributed by atoms with E-state index >= 15 is 0 Å². The summed E-state index contributed by atoms with van der Waals surface area (Å²) in [4.78, 5) is 0. The first-order chi connectivity index (χ1) is 7.68. The molecule has 2 rings (SSSR count). The number of rotatable bonds is 2. The molecule has 0 bridgehead atoms. The Kier molecular flexibility index (Phi) is 2.86. The van der Waals surface area contributed by atoms with Crippen LogP contribution in [0.3, 0.4) is 0 Å². The van der Waals surface area contributed by atoms with Crippen molar-refractivity contribution >= 4 is 5.71 Å². The van der Waals surface area contributed by atoms with Gasteiger partial charge in [0, 0.05) is 11.1 Å². The SMILES string of the molecule is Cc1ccc(C(=N)c2ccccc2C)cc1. The summed E-state index contributed by atoms with van der Waals surface area (Å²) in [6.45, 7) is 4.10. The normalized spacial score (nSPS) is 10.1. The Morgan fingerprint density at radius 2 is 1.50 bits per heavy atom. The molecular weight excluding hydrogens is 194 g/mol. The molecule has 0 aliphatic heterocycles. The highest BCUT2D eigenvalue weighted by molar-refractivity contribution is 6.11. The summed E-state index contributed by atoms with van der Waals surface area (Å²) in [6.07, 6.45) is 0. The maximum absolute atomic E-state index is 8.18. The molecule has 1 N–H and O–H groups in total. The molecule has 1 nitrogen and oxygen atoms in total. The lowest BCUT2D eigenvalue weighted by Gasteiger charge is -2.07. The molecule has 2 aromatic rings. The second kappa shape index (κ2) is 4.31. The zero-order chi connectivity index (χ0) is 11.5. The number of hydrogen-bond acceptors (Lipinski definition) is 1. The van der Waals surface area contributed by atoms with Gasteiger partial charge in [-0.25, -0.2) is 0 Å². The third-order valence-electron chi connectivity index (χ3n) is 2.75. The van der Waals surface area contributed by atoms with E-state index in [1.807, 2.05) is 55.5 Å². The first-order valence-electron chi connectivity index (χ1n) is 5.40. The third kappa shape index (κ3) is 2.03. The van der Waals surface area contributed by atoms with Crippen LogP contribution in [0.2, 0.25) is 0 Å². The molecule has 0 unspecified atom stereocenters. The van der Waals surface area contributed by atoms with Gasteiger partial charge in [0.25, 0.3) is 0 Å². The van der Waals surface area contributed by atoms with Crippen LogP contribution in [-0.2, 0) is 0 Å². The molecule has 0 radical (unpaired) electrons. The quantitative estimate of drug-likeness (QED) is 0.729. The van der Waals surface area contributed by atoms with Gasteiger partial charge in [-0.1, -0.05) is 54.1 Å². The second-order valence-electron chi connectivity index (χ2n) is 4.06. The summed E-state index contributed by atoms with van der Waals surface area (Å²) in [6, 6.07) is 16.1. The van der Waals surface area contributed by atoms with Crippen LogP contribution < -0.4 is 0 Å². The van der Waals surface area contributed by atoms with Crippen molar-refractivity contribution in [3.05, 3.63) is 70.8 Å². The highest BCUT2D eigenvalue weighted by Crippen LogP contribution is 2.14. The van der Waals surface area contributed by atoms with Crippen LogP contribution in [-0.4, -0.2) is 5.71 Å². The monoisotopic (exact) mass is 209 g/mol. The lowest BCUT2D eigenvalue weighted by molar-refractivity contribution is 1.38. The number of benzene rings is 2. The topological polar surface area (TPSA) is 23.9 Å². The van der Waals surface area contributed by atoms with Gasteiger partial charge in [0.15, 0.2) is 0 Å². The fourth-order valence-corrected chi connectivity index (χ4v) is 1.73. The Morgan fingerprint density at radius 1 is 0.875 bits per heavy atom. The van der Waals surface area contributed by atoms with Gasteiger partial charge >= 0.3 is 0 Å². The van der Waals surface area contributed by atoms with E-state index in [1.165, 1.54) is 5.56 Å². The van der Waals surface area contributed by atoms with Crippen molar-refractivity contribution in [1.82, 2.24) is 0 Å². The van der Waals surface area contributed by atoms with E-state index in [2.05, 4.69) is 6.92 Å². The van der Waals surface area contributed by atoms with Gasteiger partial charge in [0.05, 0.1) is 5.71 Å². The van der Waals surface area contributed by atoms with Crippen LogP contribution in [0, 0.1) is 19.3 Å². The molecule has 0 aromatic heterocycles. The molecule has 0 fully saturated rings. The molecule has 0 heterocycles. The van der Waals surface area contributed by atoms with Crippen LogP contribution >= 0.6 is 0 Å². The van der Waals surface area contributed by atoms with E-state index in [4.69, 9.17) is 5.41 Å². The summed E-state index contributed by atoms with van der Waals surface area (Å²) in [5.41, 5.74) is 4.94. The smallest absolute Gasteiger partial charge is 0.0687 e. The summed E-state index contributed by atoms with van der Waals surface area (Å²) in [5, 5.41) is 8.18. The largest absolute Gasteiger partial charge is 0.300 e. The standard InChI is InChI=1S/C15H15N/c1-11-7-9-13(10-8-11)15(16)14-6-4-3-5-12(14)2/h3-10,16H,1-2H3. The van der Waals surface area contributed by atoms with E-state index in [0.29, 0.717) is 5.71 Å². The Hall–Kier alpha value is -1.89. The summed E-state index contributed by atoms with van der Waals surface area (Å²) in [5.74, 6) is 0. The first kappa shape index (κ1) is 10.6. The Labute approximate surface area is 96.3 Å². The maximum atomic E-state index is 8.18. The predicted molar refractivity (Wildman–Crippen MR) is 68.3 cm³/mol. The number of aryl methyl sites for hydroxylation is 2. The van der Waals surface area contributed by atoms with Crippen LogP contribution in [0.1, 0.15) is 22.3 Å². The minimum absolute atomic E-state index is 0.595. The highest BCUT2D eigenvalue weighted by atomic mass is 14.4. The van der Waals surface area contributed by atoms with Gasteiger partial charge in [-0.05, 0) is 19.4 Å². The van der Waals surface area contributed by atoms with Gasteiger partial charge in [0.1, 0.15) is 0 Å². The average molecular weight is 209 g/mol. The molecular formula is C15H15N. The Bertz CT molecular complexity index is 509. The van der Waals surface area contributed by atoms with Crippen molar-refractivity contribution in [1.29, 1.82) is 5.41 Å². The molecule has 16 heavy (non-hydrogen) atoms. The van der Waals surface area contributed by atoms with Crippen LogP contribution in [0.5, 0.6) is 0 Å². The van der Waals surface area contributed by atoms with E-state index < -0.39 is 0 Å². The molecule has 0 atom stereocenters. The molecule has 0 saturated carbocycles. The van der Waals surface area contributed by atoms with Crippen molar-refractivity contribution in [3.8, 4) is 0 Å². The number of nitrogens with one attached hydrogen (secondary N) is 1. The zero-order valence-corrected chi connectivity index (χ0v) is 9.62. The van der Waals surface area contributed by atoms with Crippen LogP contribution in [0.25, 0.3) is 0 Å². The lowest BCUT2D eigenvalue weighted by Crippen LogP contribution is -2.03. The second-order valence-corrected chi connectivity index (χ2v) is 4.06. The Balaban J connectivity index is 2.40. The lowest BCUT2D eigenvalue weighted by atomic mass is 9.98. The molecule has 80 valence electrons. The first-order valence-corrected chi connectivity index (χ1v) is 5.40. The van der Waals surface area contributed by atoms with E-state index in [1.54, 1.807) is 0 Å². The van der Waals surface area contributed by atoms with E-state index in [-0.39, 0.29) is 0 Å². The zero-order valence-electron chi connectivity index (χ0n) is 9.62. The summed E-state index contributed by atoms with van der Waals surface area (Å²) >= 11 is 0. The van der Waals surface area contributed by atoms with Gasteiger partial charge in [-0.2, -0.15) is 0 Å². The molecule has 0 saturated heterocycles. The summed E-state index contributed by atoms with van der Waals surface area (Å²) in [7, 11) is 0. The molecule has 0 aliphatic rings. The van der Waals surface area contributed by atoms with Crippen molar-refractivity contribution in [3.63, 3.8) is 0 Å². The fraction of sp³-hybridized carbons (Fsp3) is 0.133. The van der Waals surface area contributed by atoms with Gasteiger partial charge in [-0.15, -0.1) is 0 Å². The predicted octanol–water partition coefficient (Wildman–Crippen LogP) is 3.72. The molecule has 0 spiro atoms. The maximum Gasteiger partial charge on any atom is 0.0687 e. The fourth-order valence-electron chi connectivity index (χ4n) is 1.73. The van der Waals surface area contributed by atoms with Crippen molar-refractivity contribution < 1.29 is 0 Å². The molecule has 2 aromatic carbocycles. The Morgan fingerprint density at radius 3 is 2.12 bits per heavy atom. The van der Waals surface area contributed by atoms with Gasteiger partial charge in [-0.3, -0.25) is 5.41 Å². The average Bonchev–Trinajstić information content (AvgIpc) is 2.30. The molecule has 1 heteroatoms. The highest BCUT2D eigenvalue weighted by Gasteiger charge is 2.06. The summed E-state index contributed by atoms with van der Waals surface area (Å²) < 4.78 is 0. The van der Waals surface area contributed by atoms with Crippen LogP contribution in [0.15, 0.2) is 48.5 Å². The van der Waals surface area contributed by atoms with E-state index in [9.17, 15) is 0 Å². The molecule has 0 aliphatic carbocycles. The minimum atomic E-state index is 0.595. The third-order valence-corrected chi connectivity index (χ3v) is 2.75. The van der Waals surface area contributed by atoms with Crippen molar-refractivity contribution in [2.75, 3.05) is 0 Å². The molecule has 0 amide bonds. The van der Waals surface area contributed by atoms with Crippen molar-refractivity contribution in [2.24, 2.45) is 0 Å². The van der Waals surface area contributed by atoms with E-state index in [0.717, 1.165) is 16.7 Å². The minimum Gasteiger partial charge on any atom is -0.300 e. The van der Waals surface area contributed by atoms with Gasteiger partial charge < -0.3 is 0 Å². The van der Waals surface area contributed by atoms with Crippen molar-refractivity contribution in [2.45, 2.75) is 13.8 Å².